The fourth-order valence-electron chi connectivity index (χ4n) is 2.59. The van der Waals surface area contributed by atoms with Crippen molar-refractivity contribution in [2.45, 2.75) is 55.8 Å². The molecule has 0 bridgehead atoms. The van der Waals surface area contributed by atoms with Crippen molar-refractivity contribution in [3.8, 4) is 0 Å². The first-order chi connectivity index (χ1) is 8.68. The Balaban J connectivity index is 1.67. The van der Waals surface area contributed by atoms with Gasteiger partial charge in [0, 0.05) is 11.7 Å². The lowest BCUT2D eigenvalue weighted by molar-refractivity contribution is -0.0350. The predicted molar refractivity (Wildman–Crippen MR) is 72.1 cm³/mol. The second-order valence-electron chi connectivity index (χ2n) is 5.06. The van der Waals surface area contributed by atoms with Gasteiger partial charge >= 0.3 is 0 Å². The number of nitrogens with one attached hydrogen (secondary N) is 1. The number of nitrogens with zero attached hydrogens (tertiary/aromatic N) is 2. The van der Waals surface area contributed by atoms with Crippen molar-refractivity contribution in [2.24, 2.45) is 11.7 Å². The van der Waals surface area contributed by atoms with Crippen LogP contribution in [-0.4, -0.2) is 31.8 Å². The van der Waals surface area contributed by atoms with Crippen LogP contribution in [0.2, 0.25) is 0 Å². The SMILES string of the molecule is NC(O)(CCCSc1nc[nH]n1)C1CCCCC1. The van der Waals surface area contributed by atoms with Crippen molar-refractivity contribution in [1.29, 1.82) is 0 Å². The highest BCUT2D eigenvalue weighted by Crippen LogP contribution is 2.32. The Morgan fingerprint density at radius 3 is 2.89 bits per heavy atom. The summed E-state index contributed by atoms with van der Waals surface area (Å²) in [5.41, 5.74) is 5.07. The van der Waals surface area contributed by atoms with Gasteiger partial charge in [-0.1, -0.05) is 31.0 Å². The molecule has 2 rings (SSSR count). The Morgan fingerprint density at radius 1 is 1.44 bits per heavy atom. The highest BCUT2D eigenvalue weighted by atomic mass is 32.2. The zero-order valence-corrected chi connectivity index (χ0v) is 11.5. The molecular formula is C12H22N4OS. The average Bonchev–Trinajstić information content (AvgIpc) is 2.89. The van der Waals surface area contributed by atoms with Crippen LogP contribution in [0, 0.1) is 5.92 Å². The van der Waals surface area contributed by atoms with Crippen molar-refractivity contribution in [3.05, 3.63) is 6.33 Å². The molecule has 102 valence electrons. The Hall–Kier alpha value is -0.590. The summed E-state index contributed by atoms with van der Waals surface area (Å²) in [5.74, 6) is 1.17. The van der Waals surface area contributed by atoms with Crippen LogP contribution in [0.4, 0.5) is 0 Å². The molecule has 1 aliphatic rings. The van der Waals surface area contributed by atoms with E-state index in [2.05, 4.69) is 15.2 Å². The van der Waals surface area contributed by atoms with Crippen molar-refractivity contribution in [3.63, 3.8) is 0 Å². The number of nitrogens with two attached hydrogens (primary N) is 1. The number of aliphatic hydroxyl groups is 1. The maximum Gasteiger partial charge on any atom is 0.208 e. The number of aromatic nitrogens is 3. The average molecular weight is 270 g/mol. The number of hydrogen-bond acceptors (Lipinski definition) is 5. The molecule has 1 aromatic heterocycles. The van der Waals surface area contributed by atoms with Crippen LogP contribution in [-0.2, 0) is 0 Å². The lowest BCUT2D eigenvalue weighted by Crippen LogP contribution is -2.47. The zero-order valence-electron chi connectivity index (χ0n) is 10.6. The van der Waals surface area contributed by atoms with Gasteiger partial charge in [-0.15, -0.1) is 5.10 Å². The van der Waals surface area contributed by atoms with E-state index in [9.17, 15) is 5.11 Å². The van der Waals surface area contributed by atoms with E-state index in [1.807, 2.05) is 0 Å². The van der Waals surface area contributed by atoms with Gasteiger partial charge in [-0.3, -0.25) is 5.10 Å². The van der Waals surface area contributed by atoms with Gasteiger partial charge < -0.3 is 10.8 Å². The molecule has 5 nitrogen and oxygen atoms in total. The molecule has 1 aromatic rings. The first kappa shape index (κ1) is 13.8. The predicted octanol–water partition coefficient (Wildman–Crippen LogP) is 1.90. The van der Waals surface area contributed by atoms with Crippen LogP contribution in [0.15, 0.2) is 11.5 Å². The van der Waals surface area contributed by atoms with E-state index in [4.69, 9.17) is 5.73 Å². The van der Waals surface area contributed by atoms with Crippen LogP contribution in [0.1, 0.15) is 44.9 Å². The summed E-state index contributed by atoms with van der Waals surface area (Å²) in [5, 5.41) is 17.7. The summed E-state index contributed by atoms with van der Waals surface area (Å²) >= 11 is 1.59. The molecule has 1 saturated carbocycles. The summed E-state index contributed by atoms with van der Waals surface area (Å²) in [6.07, 6.45) is 8.96. The van der Waals surface area contributed by atoms with Crippen molar-refractivity contribution >= 4 is 11.8 Å². The second kappa shape index (κ2) is 6.54. The summed E-state index contributed by atoms with van der Waals surface area (Å²) < 4.78 is 0. The molecule has 1 fully saturated rings. The third kappa shape index (κ3) is 3.96. The van der Waals surface area contributed by atoms with Gasteiger partial charge in [-0.2, -0.15) is 0 Å². The highest BCUT2D eigenvalue weighted by Gasteiger charge is 2.32. The Morgan fingerprint density at radius 2 is 2.22 bits per heavy atom. The van der Waals surface area contributed by atoms with Gasteiger partial charge in [-0.05, 0) is 25.7 Å². The van der Waals surface area contributed by atoms with Gasteiger partial charge in [-0.25, -0.2) is 4.98 Å². The smallest absolute Gasteiger partial charge is 0.208 e. The lowest BCUT2D eigenvalue weighted by atomic mass is 9.80. The number of hydrogen-bond donors (Lipinski definition) is 3. The number of aromatic amines is 1. The Labute approximate surface area is 112 Å². The molecule has 1 aliphatic carbocycles. The van der Waals surface area contributed by atoms with Gasteiger partial charge in [0.25, 0.3) is 0 Å². The molecule has 0 aromatic carbocycles. The number of rotatable bonds is 6. The van der Waals surface area contributed by atoms with E-state index in [0.29, 0.717) is 6.42 Å². The molecule has 1 unspecified atom stereocenters. The number of H-pyrrole nitrogens is 1. The zero-order chi connectivity index (χ0) is 12.8. The summed E-state index contributed by atoms with van der Waals surface area (Å²) in [7, 11) is 0. The maximum absolute atomic E-state index is 10.3. The summed E-state index contributed by atoms with van der Waals surface area (Å²) in [6, 6.07) is 0. The third-order valence-corrected chi connectivity index (χ3v) is 4.61. The second-order valence-corrected chi connectivity index (χ2v) is 6.12. The van der Waals surface area contributed by atoms with E-state index < -0.39 is 5.72 Å². The molecule has 0 amide bonds. The van der Waals surface area contributed by atoms with Crippen LogP contribution < -0.4 is 5.73 Å². The third-order valence-electron chi connectivity index (χ3n) is 3.66. The van der Waals surface area contributed by atoms with Crippen molar-refractivity contribution < 1.29 is 5.11 Å². The van der Waals surface area contributed by atoms with E-state index in [1.165, 1.54) is 19.3 Å². The van der Waals surface area contributed by atoms with E-state index >= 15 is 0 Å². The monoisotopic (exact) mass is 270 g/mol. The quantitative estimate of drug-likeness (QED) is 0.417. The molecule has 0 radical (unpaired) electrons. The molecule has 18 heavy (non-hydrogen) atoms. The van der Waals surface area contributed by atoms with E-state index in [1.54, 1.807) is 18.1 Å². The Kier molecular flexibility index (Phi) is 5.03. The minimum atomic E-state index is -0.986. The number of thioether (sulfide) groups is 1. The van der Waals surface area contributed by atoms with Gasteiger partial charge in [0.2, 0.25) is 5.16 Å². The topological polar surface area (TPSA) is 87.8 Å². The Bertz CT molecular complexity index is 336. The van der Waals surface area contributed by atoms with Crippen LogP contribution in [0.5, 0.6) is 0 Å². The van der Waals surface area contributed by atoms with E-state index in [-0.39, 0.29) is 5.92 Å². The first-order valence-corrected chi connectivity index (χ1v) is 7.67. The van der Waals surface area contributed by atoms with Crippen LogP contribution in [0.25, 0.3) is 0 Å². The summed E-state index contributed by atoms with van der Waals surface area (Å²) in [4.78, 5) is 4.04. The lowest BCUT2D eigenvalue weighted by Gasteiger charge is -2.35. The van der Waals surface area contributed by atoms with Crippen molar-refractivity contribution in [2.75, 3.05) is 5.75 Å². The van der Waals surface area contributed by atoms with Crippen LogP contribution >= 0.6 is 11.8 Å². The molecule has 1 atom stereocenters. The van der Waals surface area contributed by atoms with Crippen molar-refractivity contribution in [1.82, 2.24) is 15.2 Å². The minimum absolute atomic E-state index is 0.278. The highest BCUT2D eigenvalue weighted by molar-refractivity contribution is 7.99. The summed E-state index contributed by atoms with van der Waals surface area (Å²) in [6.45, 7) is 0. The van der Waals surface area contributed by atoms with Crippen LogP contribution in [0.3, 0.4) is 0 Å². The molecular weight excluding hydrogens is 248 g/mol. The first-order valence-electron chi connectivity index (χ1n) is 6.68. The molecule has 1 heterocycles. The minimum Gasteiger partial charge on any atom is -0.376 e. The molecule has 0 aliphatic heterocycles. The normalized spacial score (nSPS) is 20.8. The fourth-order valence-corrected chi connectivity index (χ4v) is 3.31. The molecule has 0 spiro atoms. The standard InChI is InChI=1S/C12H22N4OS/c13-12(17,10-5-2-1-3-6-10)7-4-8-18-11-14-9-15-16-11/h9-10,17H,1-8,13H2,(H,14,15,16). The largest absolute Gasteiger partial charge is 0.376 e. The fraction of sp³-hybridized carbons (Fsp3) is 0.833. The van der Waals surface area contributed by atoms with Gasteiger partial charge in [0.1, 0.15) is 12.1 Å². The van der Waals surface area contributed by atoms with Gasteiger partial charge in [0.05, 0.1) is 0 Å². The van der Waals surface area contributed by atoms with E-state index in [0.717, 1.165) is 30.2 Å². The molecule has 4 N–H and O–H groups in total. The van der Waals surface area contributed by atoms with Gasteiger partial charge in [0.15, 0.2) is 0 Å². The molecule has 6 heteroatoms. The molecule has 0 saturated heterocycles. The maximum atomic E-state index is 10.3.